The van der Waals surface area contributed by atoms with Crippen molar-refractivity contribution < 1.29 is 8.42 Å². The van der Waals surface area contributed by atoms with Gasteiger partial charge in [-0.15, -0.1) is 0 Å². The maximum absolute atomic E-state index is 12.6. The van der Waals surface area contributed by atoms with Gasteiger partial charge in [0.15, 0.2) is 9.84 Å². The van der Waals surface area contributed by atoms with Crippen molar-refractivity contribution in [3.63, 3.8) is 0 Å². The van der Waals surface area contributed by atoms with Gasteiger partial charge in [0.2, 0.25) is 0 Å². The summed E-state index contributed by atoms with van der Waals surface area (Å²) in [5.74, 6) is 0.208. The summed E-state index contributed by atoms with van der Waals surface area (Å²) in [5, 5.41) is -0.542. The lowest BCUT2D eigenvalue weighted by Crippen LogP contribution is -2.41. The van der Waals surface area contributed by atoms with Gasteiger partial charge in [-0.2, -0.15) is 0 Å². The van der Waals surface area contributed by atoms with Crippen LogP contribution in [0.5, 0.6) is 0 Å². The quantitative estimate of drug-likeness (QED) is 0.739. The number of benzene rings is 1. The molecule has 1 fully saturated rings. The summed E-state index contributed by atoms with van der Waals surface area (Å²) >= 11 is 0. The van der Waals surface area contributed by atoms with Gasteiger partial charge in [-0.3, -0.25) is 0 Å². The van der Waals surface area contributed by atoms with Crippen LogP contribution in [0.4, 0.5) is 0 Å². The third kappa shape index (κ3) is 1.57. The number of hydrogen-bond donors (Lipinski definition) is 0. The monoisotopic (exact) mass is 276 g/mol. The van der Waals surface area contributed by atoms with Crippen LogP contribution in [0.25, 0.3) is 0 Å². The van der Waals surface area contributed by atoms with Crippen LogP contribution in [0, 0.1) is 5.92 Å². The van der Waals surface area contributed by atoms with E-state index in [4.69, 9.17) is 0 Å². The fourth-order valence-electron chi connectivity index (χ4n) is 4.12. The molecular weight excluding hydrogens is 256 g/mol. The van der Waals surface area contributed by atoms with E-state index in [1.165, 1.54) is 5.56 Å². The first-order valence-electron chi connectivity index (χ1n) is 6.94. The highest BCUT2D eigenvalue weighted by atomic mass is 32.2. The van der Waals surface area contributed by atoms with E-state index in [0.29, 0.717) is 0 Å². The standard InChI is InChI=1S/C16H20O2S/c1-12-15-10-6-7-11-16(15,13(2)19(12,17)18)14-8-4-3-5-9-14/h3-9,12-13,15H,10-11H2,1-2H3/t12-,13+,15-,16+/m0/s1. The number of rotatable bonds is 1. The zero-order valence-electron chi connectivity index (χ0n) is 11.4. The Morgan fingerprint density at radius 1 is 1.11 bits per heavy atom. The summed E-state index contributed by atoms with van der Waals surface area (Å²) in [6.45, 7) is 3.79. The largest absolute Gasteiger partial charge is 0.228 e. The van der Waals surface area contributed by atoms with Crippen molar-refractivity contribution in [3.05, 3.63) is 48.0 Å². The van der Waals surface area contributed by atoms with Crippen molar-refractivity contribution in [1.29, 1.82) is 0 Å². The fraction of sp³-hybridized carbons (Fsp3) is 0.500. The van der Waals surface area contributed by atoms with E-state index in [1.54, 1.807) is 0 Å². The molecule has 1 aliphatic heterocycles. The van der Waals surface area contributed by atoms with E-state index in [1.807, 2.05) is 32.0 Å². The zero-order valence-corrected chi connectivity index (χ0v) is 12.2. The average Bonchev–Trinajstić information content (AvgIpc) is 2.60. The maximum Gasteiger partial charge on any atom is 0.156 e. The predicted octanol–water partition coefficient (Wildman–Crippen LogP) is 3.10. The van der Waals surface area contributed by atoms with Crippen LogP contribution in [0.1, 0.15) is 32.3 Å². The minimum Gasteiger partial charge on any atom is -0.228 e. The summed E-state index contributed by atoms with van der Waals surface area (Å²) in [6, 6.07) is 10.2. The minimum absolute atomic E-state index is 0.208. The van der Waals surface area contributed by atoms with Crippen molar-refractivity contribution in [2.24, 2.45) is 5.92 Å². The van der Waals surface area contributed by atoms with Gasteiger partial charge in [-0.25, -0.2) is 8.42 Å². The molecule has 1 heterocycles. The molecule has 0 aromatic heterocycles. The van der Waals surface area contributed by atoms with Gasteiger partial charge in [-0.05, 0) is 38.2 Å². The third-order valence-corrected chi connectivity index (χ3v) is 8.06. The van der Waals surface area contributed by atoms with E-state index in [2.05, 4.69) is 24.3 Å². The van der Waals surface area contributed by atoms with Crippen LogP contribution >= 0.6 is 0 Å². The van der Waals surface area contributed by atoms with Crippen molar-refractivity contribution >= 4 is 9.84 Å². The van der Waals surface area contributed by atoms with E-state index in [-0.39, 0.29) is 21.8 Å². The van der Waals surface area contributed by atoms with Gasteiger partial charge in [0.25, 0.3) is 0 Å². The molecule has 1 aromatic rings. The molecule has 0 saturated carbocycles. The Balaban J connectivity index is 2.23. The van der Waals surface area contributed by atoms with Gasteiger partial charge in [0.05, 0.1) is 10.5 Å². The molecule has 0 unspecified atom stereocenters. The highest BCUT2D eigenvalue weighted by molar-refractivity contribution is 7.93. The third-order valence-electron chi connectivity index (χ3n) is 5.29. The second kappa shape index (κ2) is 4.20. The van der Waals surface area contributed by atoms with Crippen LogP contribution in [-0.4, -0.2) is 18.9 Å². The molecule has 19 heavy (non-hydrogen) atoms. The molecule has 1 aromatic carbocycles. The van der Waals surface area contributed by atoms with Crippen LogP contribution in [0.15, 0.2) is 42.5 Å². The van der Waals surface area contributed by atoms with Crippen molar-refractivity contribution in [3.8, 4) is 0 Å². The Hall–Kier alpha value is -1.09. The van der Waals surface area contributed by atoms with Gasteiger partial charge in [-0.1, -0.05) is 42.5 Å². The van der Waals surface area contributed by atoms with E-state index >= 15 is 0 Å². The molecule has 0 N–H and O–H groups in total. The first kappa shape index (κ1) is 12.9. The lowest BCUT2D eigenvalue weighted by Gasteiger charge is -2.40. The van der Waals surface area contributed by atoms with Crippen molar-refractivity contribution in [2.45, 2.75) is 42.6 Å². The molecule has 0 radical (unpaired) electrons. The smallest absolute Gasteiger partial charge is 0.156 e. The van der Waals surface area contributed by atoms with Gasteiger partial charge >= 0.3 is 0 Å². The molecule has 0 amide bonds. The molecule has 2 nitrogen and oxygen atoms in total. The first-order chi connectivity index (χ1) is 9.01. The summed E-state index contributed by atoms with van der Waals surface area (Å²) < 4.78 is 25.2. The second-order valence-electron chi connectivity index (χ2n) is 5.86. The SMILES string of the molecule is C[C@@H]1[C@@]2(c3ccccc3)CC=CC[C@H]2[C@H](C)S1(=O)=O. The zero-order chi connectivity index (χ0) is 13.7. The normalized spacial score (nSPS) is 40.0. The van der Waals surface area contributed by atoms with E-state index in [9.17, 15) is 8.42 Å². The van der Waals surface area contributed by atoms with E-state index < -0.39 is 9.84 Å². The molecule has 4 atom stereocenters. The Labute approximate surface area is 115 Å². The maximum atomic E-state index is 12.6. The lowest BCUT2D eigenvalue weighted by molar-refractivity contribution is 0.275. The molecule has 1 aliphatic carbocycles. The minimum atomic E-state index is -3.03. The highest BCUT2D eigenvalue weighted by Crippen LogP contribution is 2.54. The predicted molar refractivity (Wildman–Crippen MR) is 77.8 cm³/mol. The number of hydrogen-bond acceptors (Lipinski definition) is 2. The molecular formula is C16H20O2S. The van der Waals surface area contributed by atoms with Gasteiger partial charge in [0.1, 0.15) is 0 Å². The van der Waals surface area contributed by atoms with E-state index in [0.717, 1.165) is 12.8 Å². The van der Waals surface area contributed by atoms with Crippen LogP contribution < -0.4 is 0 Å². The molecule has 1 saturated heterocycles. The number of allylic oxidation sites excluding steroid dienone is 2. The van der Waals surface area contributed by atoms with Crippen LogP contribution in [0.3, 0.4) is 0 Å². The molecule has 0 bridgehead atoms. The van der Waals surface area contributed by atoms with Gasteiger partial charge < -0.3 is 0 Å². The molecule has 3 rings (SSSR count). The van der Waals surface area contributed by atoms with Gasteiger partial charge in [0, 0.05) is 5.41 Å². The number of sulfone groups is 1. The number of fused-ring (bicyclic) bond motifs is 1. The van der Waals surface area contributed by atoms with Crippen LogP contribution in [-0.2, 0) is 15.3 Å². The topological polar surface area (TPSA) is 34.1 Å². The fourth-order valence-corrected chi connectivity index (χ4v) is 6.57. The molecule has 102 valence electrons. The average molecular weight is 276 g/mol. The summed E-state index contributed by atoms with van der Waals surface area (Å²) in [7, 11) is -3.03. The molecule has 0 spiro atoms. The van der Waals surface area contributed by atoms with Crippen molar-refractivity contribution in [1.82, 2.24) is 0 Å². The second-order valence-corrected chi connectivity index (χ2v) is 8.49. The summed E-state index contributed by atoms with van der Waals surface area (Å²) in [4.78, 5) is 0. The Morgan fingerprint density at radius 2 is 1.79 bits per heavy atom. The lowest BCUT2D eigenvalue weighted by atomic mass is 9.62. The summed E-state index contributed by atoms with van der Waals surface area (Å²) in [6.07, 6.45) is 6.02. The molecule has 2 aliphatic rings. The van der Waals surface area contributed by atoms with Crippen LogP contribution in [0.2, 0.25) is 0 Å². The highest BCUT2D eigenvalue weighted by Gasteiger charge is 2.60. The van der Waals surface area contributed by atoms with Crippen molar-refractivity contribution in [2.75, 3.05) is 0 Å². The summed E-state index contributed by atoms with van der Waals surface area (Å²) in [5.41, 5.74) is 0.957. The Kier molecular flexibility index (Phi) is 2.86. The molecule has 3 heteroatoms. The first-order valence-corrected chi connectivity index (χ1v) is 8.55. The Morgan fingerprint density at radius 3 is 2.47 bits per heavy atom. The Bertz CT molecular complexity index is 603.